The molecule has 0 bridgehead atoms. The van der Waals surface area contributed by atoms with Gasteiger partial charge in [-0.3, -0.25) is 18.7 Å². The summed E-state index contributed by atoms with van der Waals surface area (Å²) in [5.41, 5.74) is 1.11. The fraction of sp³-hybridized carbons (Fsp3) is 0.552. The summed E-state index contributed by atoms with van der Waals surface area (Å²) in [5.74, 6) is 0.690. The first-order valence-corrected chi connectivity index (χ1v) is 15.3. The summed E-state index contributed by atoms with van der Waals surface area (Å²) < 4.78 is 26.9. The van der Waals surface area contributed by atoms with E-state index in [-0.39, 0.29) is 35.9 Å². The number of carbonyl (C=O) groups is 1. The fourth-order valence-corrected chi connectivity index (χ4v) is 7.38. The molecule has 2 aliphatic rings. The SMILES string of the molecule is COc1ccccc1[C@H](Cn1c(=O)n(C2CC(CCOC(C)=O)C2)c(=O)c2c(C)c(Br)sc21)OC1CCOCC1. The van der Waals surface area contributed by atoms with Crippen LogP contribution in [0.3, 0.4) is 0 Å². The average molecular weight is 636 g/mol. The third-order valence-electron chi connectivity index (χ3n) is 7.95. The Balaban J connectivity index is 1.53. The van der Waals surface area contributed by atoms with Crippen LogP contribution in [0.5, 0.6) is 5.75 Å². The van der Waals surface area contributed by atoms with Crippen LogP contribution in [0.25, 0.3) is 10.2 Å². The summed E-state index contributed by atoms with van der Waals surface area (Å²) in [6.07, 6.45) is 3.18. The Morgan fingerprint density at radius 3 is 2.62 bits per heavy atom. The molecule has 0 spiro atoms. The van der Waals surface area contributed by atoms with E-state index >= 15 is 0 Å². The molecule has 9 nitrogen and oxygen atoms in total. The molecule has 40 heavy (non-hydrogen) atoms. The molecule has 2 fully saturated rings. The smallest absolute Gasteiger partial charge is 0.332 e. The van der Waals surface area contributed by atoms with Crippen LogP contribution >= 0.6 is 27.3 Å². The molecule has 0 radical (unpaired) electrons. The number of nitrogens with zero attached hydrogens (tertiary/aromatic N) is 2. The van der Waals surface area contributed by atoms with Gasteiger partial charge in [0.15, 0.2) is 0 Å². The zero-order chi connectivity index (χ0) is 28.4. The van der Waals surface area contributed by atoms with Crippen molar-refractivity contribution >= 4 is 43.5 Å². The fourth-order valence-electron chi connectivity index (χ4n) is 5.69. The molecule has 3 heterocycles. The van der Waals surface area contributed by atoms with Gasteiger partial charge in [-0.15, -0.1) is 11.3 Å². The zero-order valence-electron chi connectivity index (χ0n) is 23.0. The van der Waals surface area contributed by atoms with Crippen molar-refractivity contribution in [1.82, 2.24) is 9.13 Å². The van der Waals surface area contributed by atoms with Crippen molar-refractivity contribution in [3.8, 4) is 5.75 Å². The lowest BCUT2D eigenvalue weighted by atomic mass is 9.78. The molecular formula is C29H35BrN2O7S. The second-order valence-corrected chi connectivity index (χ2v) is 12.9. The quantitative estimate of drug-likeness (QED) is 0.285. The molecule has 1 saturated heterocycles. The van der Waals surface area contributed by atoms with E-state index in [1.54, 1.807) is 11.7 Å². The number of aryl methyl sites for hydroxylation is 1. The standard InChI is InChI=1S/C29H35BrN2O7S/c1-17-25-27(34)32(20-14-19(15-20)8-13-38-18(2)33)29(35)31(28(25)40-26(17)30)16-24(39-21-9-11-37-12-10-21)22-6-4-5-7-23(22)36-3/h4-7,19-21,24H,8-16H2,1-3H3/t19?,20?,24-/m0/s1. The number of aromatic nitrogens is 2. The molecule has 1 aliphatic carbocycles. The van der Waals surface area contributed by atoms with E-state index in [1.165, 1.54) is 22.8 Å². The first-order chi connectivity index (χ1) is 19.3. The highest BCUT2D eigenvalue weighted by Crippen LogP contribution is 2.40. The molecule has 1 aliphatic heterocycles. The molecule has 1 aromatic carbocycles. The van der Waals surface area contributed by atoms with Crippen molar-refractivity contribution in [2.24, 2.45) is 5.92 Å². The highest BCUT2D eigenvalue weighted by molar-refractivity contribution is 9.11. The number of para-hydroxylation sites is 1. The molecule has 216 valence electrons. The second kappa shape index (κ2) is 12.6. The number of fused-ring (bicyclic) bond motifs is 1. The third kappa shape index (κ3) is 5.93. The third-order valence-corrected chi connectivity index (χ3v) is 10.1. The zero-order valence-corrected chi connectivity index (χ0v) is 25.4. The van der Waals surface area contributed by atoms with E-state index in [4.69, 9.17) is 18.9 Å². The summed E-state index contributed by atoms with van der Waals surface area (Å²) in [5, 5.41) is 0.560. The number of rotatable bonds is 10. The Morgan fingerprint density at radius 2 is 1.93 bits per heavy atom. The summed E-state index contributed by atoms with van der Waals surface area (Å²) in [7, 11) is 1.63. The van der Waals surface area contributed by atoms with Crippen LogP contribution < -0.4 is 16.0 Å². The lowest BCUT2D eigenvalue weighted by Crippen LogP contribution is -2.46. The number of halogens is 1. The number of hydrogen-bond acceptors (Lipinski definition) is 8. The normalized spacial score (nSPS) is 20.3. The molecule has 2 aromatic heterocycles. The Morgan fingerprint density at radius 1 is 1.20 bits per heavy atom. The van der Waals surface area contributed by atoms with E-state index in [9.17, 15) is 14.4 Å². The highest BCUT2D eigenvalue weighted by atomic mass is 79.9. The molecular weight excluding hydrogens is 600 g/mol. The number of thiophene rings is 1. The highest BCUT2D eigenvalue weighted by Gasteiger charge is 2.35. The van der Waals surface area contributed by atoms with Crippen LogP contribution in [0, 0.1) is 12.8 Å². The maximum absolute atomic E-state index is 14.1. The Labute approximate surface area is 245 Å². The lowest BCUT2D eigenvalue weighted by molar-refractivity contribution is -0.141. The van der Waals surface area contributed by atoms with Gasteiger partial charge >= 0.3 is 11.7 Å². The summed E-state index contributed by atoms with van der Waals surface area (Å²) in [4.78, 5) is 39.6. The summed E-state index contributed by atoms with van der Waals surface area (Å²) in [6, 6.07) is 7.51. The Hall–Kier alpha value is -2.47. The first kappa shape index (κ1) is 29.0. The van der Waals surface area contributed by atoms with E-state index in [2.05, 4.69) is 15.9 Å². The number of esters is 1. The lowest BCUT2D eigenvalue weighted by Gasteiger charge is -2.36. The number of hydrogen-bond donors (Lipinski definition) is 0. The predicted octanol–water partition coefficient (Wildman–Crippen LogP) is 5.15. The summed E-state index contributed by atoms with van der Waals surface area (Å²) >= 11 is 5.00. The van der Waals surface area contributed by atoms with Gasteiger partial charge in [0.25, 0.3) is 5.56 Å². The molecule has 1 saturated carbocycles. The van der Waals surface area contributed by atoms with Gasteiger partial charge in [-0.25, -0.2) is 4.79 Å². The van der Waals surface area contributed by atoms with Crippen LogP contribution in [-0.2, 0) is 25.5 Å². The molecule has 0 amide bonds. The molecule has 1 atom stereocenters. The van der Waals surface area contributed by atoms with Gasteiger partial charge in [-0.2, -0.15) is 0 Å². The van der Waals surface area contributed by atoms with Crippen molar-refractivity contribution in [2.45, 2.75) is 70.7 Å². The van der Waals surface area contributed by atoms with Crippen LogP contribution in [0.1, 0.15) is 62.3 Å². The van der Waals surface area contributed by atoms with Gasteiger partial charge in [0.05, 0.1) is 35.5 Å². The van der Waals surface area contributed by atoms with Crippen LogP contribution in [0.2, 0.25) is 0 Å². The minimum absolute atomic E-state index is 0.0119. The number of carbonyl (C=O) groups excluding carboxylic acids is 1. The van der Waals surface area contributed by atoms with Gasteiger partial charge in [0.1, 0.15) is 16.7 Å². The molecule has 0 unspecified atom stereocenters. The average Bonchev–Trinajstić information content (AvgIpc) is 3.22. The topological polar surface area (TPSA) is 98.0 Å². The van der Waals surface area contributed by atoms with Crippen molar-refractivity contribution in [2.75, 3.05) is 26.9 Å². The largest absolute Gasteiger partial charge is 0.496 e. The summed E-state index contributed by atoms with van der Waals surface area (Å²) in [6.45, 7) is 5.16. The maximum atomic E-state index is 14.1. The first-order valence-electron chi connectivity index (χ1n) is 13.7. The number of benzene rings is 1. The Bertz CT molecular complexity index is 1480. The molecule has 3 aromatic rings. The molecule has 11 heteroatoms. The second-order valence-electron chi connectivity index (χ2n) is 10.5. The molecule has 0 N–H and O–H groups in total. The van der Waals surface area contributed by atoms with Crippen molar-refractivity contribution < 1.29 is 23.7 Å². The van der Waals surface area contributed by atoms with Crippen molar-refractivity contribution in [1.29, 1.82) is 0 Å². The van der Waals surface area contributed by atoms with Crippen LogP contribution in [0.4, 0.5) is 0 Å². The van der Waals surface area contributed by atoms with E-state index in [0.29, 0.717) is 54.5 Å². The van der Waals surface area contributed by atoms with Crippen LogP contribution in [-0.4, -0.2) is 48.1 Å². The van der Waals surface area contributed by atoms with Gasteiger partial charge in [-0.05, 0) is 72.5 Å². The number of methoxy groups -OCH3 is 1. The Kier molecular flexibility index (Phi) is 9.14. The monoisotopic (exact) mass is 634 g/mol. The van der Waals surface area contributed by atoms with E-state index in [0.717, 1.165) is 34.2 Å². The van der Waals surface area contributed by atoms with E-state index in [1.807, 2.05) is 31.2 Å². The molecule has 5 rings (SSSR count). The van der Waals surface area contributed by atoms with Gasteiger partial charge in [-0.1, -0.05) is 18.2 Å². The maximum Gasteiger partial charge on any atom is 0.332 e. The van der Waals surface area contributed by atoms with Crippen LogP contribution in [0.15, 0.2) is 37.6 Å². The number of ether oxygens (including phenoxy) is 4. The van der Waals surface area contributed by atoms with E-state index < -0.39 is 6.10 Å². The predicted molar refractivity (Wildman–Crippen MR) is 156 cm³/mol. The van der Waals surface area contributed by atoms with Crippen molar-refractivity contribution in [3.05, 3.63) is 60.0 Å². The minimum atomic E-state index is -0.467. The minimum Gasteiger partial charge on any atom is -0.496 e. The van der Waals surface area contributed by atoms with Gasteiger partial charge in [0, 0.05) is 31.7 Å². The van der Waals surface area contributed by atoms with Crippen molar-refractivity contribution in [3.63, 3.8) is 0 Å². The van der Waals surface area contributed by atoms with Gasteiger partial charge < -0.3 is 18.9 Å². The van der Waals surface area contributed by atoms with Gasteiger partial charge in [0.2, 0.25) is 0 Å².